The molecule has 3 aromatic rings. The van der Waals surface area contributed by atoms with Crippen LogP contribution in [0, 0.1) is 11.2 Å². The van der Waals surface area contributed by atoms with E-state index >= 15 is 0 Å². The van der Waals surface area contributed by atoms with Crippen LogP contribution in [0.5, 0.6) is 11.5 Å². The number of carboxylic acid groups (broad SMARTS) is 1. The molecule has 8 nitrogen and oxygen atoms in total. The largest absolute Gasteiger partial charge is 0.486 e. The fraction of sp³-hybridized carbons (Fsp3) is 0.400. The van der Waals surface area contributed by atoms with Gasteiger partial charge in [-0.1, -0.05) is 23.2 Å². The van der Waals surface area contributed by atoms with Gasteiger partial charge in [-0.05, 0) is 44.9 Å². The van der Waals surface area contributed by atoms with E-state index in [0.29, 0.717) is 37.9 Å². The van der Waals surface area contributed by atoms with Crippen molar-refractivity contribution in [2.45, 2.75) is 39.4 Å². The molecule has 204 valence electrons. The third kappa shape index (κ3) is 6.33. The minimum atomic E-state index is -3.10. The smallest absolute Gasteiger partial charge is 0.387 e. The van der Waals surface area contributed by atoms with E-state index in [1.807, 2.05) is 4.90 Å². The molecular weight excluding hydrogens is 548 g/mol. The van der Waals surface area contributed by atoms with Gasteiger partial charge in [-0.2, -0.15) is 8.78 Å². The number of hydrogen-bond acceptors (Lipinski definition) is 7. The molecule has 1 aliphatic heterocycles. The summed E-state index contributed by atoms with van der Waals surface area (Å²) in [7, 11) is 0. The highest BCUT2D eigenvalue weighted by atomic mass is 35.5. The summed E-state index contributed by atoms with van der Waals surface area (Å²) < 4.78 is 51.8. The molecule has 0 spiro atoms. The number of carbonyl (C=O) groups is 1. The molecule has 0 saturated carbocycles. The Morgan fingerprint density at radius 2 is 1.92 bits per heavy atom. The first-order valence-electron chi connectivity index (χ1n) is 11.7. The molecule has 0 atom stereocenters. The number of piperidine rings is 1. The van der Waals surface area contributed by atoms with Crippen LogP contribution < -0.4 is 14.8 Å². The van der Waals surface area contributed by atoms with Gasteiger partial charge in [0.05, 0.1) is 26.7 Å². The molecule has 0 radical (unpaired) electrons. The Morgan fingerprint density at radius 1 is 1.21 bits per heavy atom. The van der Waals surface area contributed by atoms with Gasteiger partial charge in [0.1, 0.15) is 18.2 Å². The lowest BCUT2D eigenvalue weighted by Crippen LogP contribution is -2.45. The minimum absolute atomic E-state index is 0.00596. The van der Waals surface area contributed by atoms with E-state index in [-0.39, 0.29) is 44.7 Å². The van der Waals surface area contributed by atoms with Crippen molar-refractivity contribution >= 4 is 51.6 Å². The van der Waals surface area contributed by atoms with Crippen LogP contribution in [-0.2, 0) is 4.79 Å². The zero-order chi connectivity index (χ0) is 27.6. The predicted octanol–water partition coefficient (Wildman–Crippen LogP) is 6.37. The highest BCUT2D eigenvalue weighted by Gasteiger charge is 2.32. The molecule has 1 fully saturated rings. The summed E-state index contributed by atoms with van der Waals surface area (Å²) in [5, 5.41) is 12.4. The molecule has 13 heteroatoms. The molecule has 1 saturated heterocycles. The van der Waals surface area contributed by atoms with Gasteiger partial charge >= 0.3 is 12.6 Å². The average molecular weight is 573 g/mol. The molecule has 1 aromatic heterocycles. The van der Waals surface area contributed by atoms with Gasteiger partial charge in [-0.3, -0.25) is 4.79 Å². The number of rotatable bonds is 9. The van der Waals surface area contributed by atoms with E-state index in [9.17, 15) is 23.1 Å². The molecule has 4 rings (SSSR count). The summed E-state index contributed by atoms with van der Waals surface area (Å²) in [5.41, 5.74) is -0.635. The third-order valence-electron chi connectivity index (χ3n) is 6.23. The maximum absolute atomic E-state index is 14.6. The maximum atomic E-state index is 14.6. The summed E-state index contributed by atoms with van der Waals surface area (Å²) in [6.45, 7) is 1.76. The number of nitrogens with zero attached hydrogens (tertiary/aromatic N) is 3. The van der Waals surface area contributed by atoms with Crippen molar-refractivity contribution in [2.24, 2.45) is 5.41 Å². The second-order valence-corrected chi connectivity index (χ2v) is 10.3. The second kappa shape index (κ2) is 11.4. The van der Waals surface area contributed by atoms with Crippen LogP contribution in [0.2, 0.25) is 10.0 Å². The summed E-state index contributed by atoms with van der Waals surface area (Å²) in [5.74, 6) is -1.63. The Morgan fingerprint density at radius 3 is 2.58 bits per heavy atom. The highest BCUT2D eigenvalue weighted by molar-refractivity contribution is 6.42. The monoisotopic (exact) mass is 572 g/mol. The first-order chi connectivity index (χ1) is 17.9. The van der Waals surface area contributed by atoms with E-state index in [0.717, 1.165) is 0 Å². The molecule has 1 aliphatic rings. The van der Waals surface area contributed by atoms with Crippen LogP contribution in [0.3, 0.4) is 0 Å². The van der Waals surface area contributed by atoms with Crippen molar-refractivity contribution < 1.29 is 32.5 Å². The normalized spacial score (nSPS) is 15.2. The van der Waals surface area contributed by atoms with Gasteiger partial charge < -0.3 is 24.8 Å². The number of aliphatic carboxylic acids is 1. The van der Waals surface area contributed by atoms with Gasteiger partial charge in [0, 0.05) is 31.1 Å². The molecule has 2 heterocycles. The van der Waals surface area contributed by atoms with Crippen LogP contribution >= 0.6 is 23.2 Å². The van der Waals surface area contributed by atoms with Gasteiger partial charge in [-0.15, -0.1) is 0 Å². The first-order valence-corrected chi connectivity index (χ1v) is 12.5. The lowest BCUT2D eigenvalue weighted by molar-refractivity contribution is -0.148. The summed E-state index contributed by atoms with van der Waals surface area (Å²) in [6.07, 6.45) is 1.96. The Bertz CT molecular complexity index is 1340. The number of hydrogen-bond donors (Lipinski definition) is 2. The van der Waals surface area contributed by atoms with Crippen molar-refractivity contribution in [1.29, 1.82) is 0 Å². The Labute approximate surface area is 226 Å². The fourth-order valence-electron chi connectivity index (χ4n) is 4.19. The molecule has 2 N–H and O–H groups in total. The van der Waals surface area contributed by atoms with Gasteiger partial charge in [0.2, 0.25) is 0 Å². The molecule has 0 bridgehead atoms. The molecule has 38 heavy (non-hydrogen) atoms. The van der Waals surface area contributed by atoms with Crippen LogP contribution in [-0.4, -0.2) is 58.3 Å². The number of nitrogens with one attached hydrogen (secondary N) is 1. The quantitative estimate of drug-likeness (QED) is 0.285. The van der Waals surface area contributed by atoms with Gasteiger partial charge in [0.15, 0.2) is 17.3 Å². The number of alkyl halides is 2. The van der Waals surface area contributed by atoms with Crippen LogP contribution in [0.25, 0.3) is 10.9 Å². The number of halogens is 5. The first kappa shape index (κ1) is 28.0. The summed E-state index contributed by atoms with van der Waals surface area (Å²) in [6, 6.07) is 5.58. The van der Waals surface area contributed by atoms with E-state index < -0.39 is 23.8 Å². The van der Waals surface area contributed by atoms with Crippen LogP contribution in [0.1, 0.15) is 26.7 Å². The average Bonchev–Trinajstić information content (AvgIpc) is 2.85. The molecule has 0 aliphatic carbocycles. The van der Waals surface area contributed by atoms with Crippen LogP contribution in [0.4, 0.5) is 24.7 Å². The number of carboxylic acids is 1. The maximum Gasteiger partial charge on any atom is 0.387 e. The van der Waals surface area contributed by atoms with Gasteiger partial charge in [0.25, 0.3) is 0 Å². The molecular formula is C25H25Cl2F3N4O4. The Balaban J connectivity index is 1.59. The number of fused-ring (bicyclic) bond motifs is 1. The third-order valence-corrected chi connectivity index (χ3v) is 7.01. The fourth-order valence-corrected chi connectivity index (χ4v) is 4.50. The SMILES string of the molecule is CC(C)(CN1CCC(Oc2cc3c(Nc4ccc(Cl)c(Cl)c4F)ncnc3cc2OC(F)F)CC1)C(=O)O. The topological polar surface area (TPSA) is 96.8 Å². The number of benzene rings is 2. The van der Waals surface area contributed by atoms with E-state index in [1.54, 1.807) is 13.8 Å². The Hall–Kier alpha value is -3.02. The van der Waals surface area contributed by atoms with Crippen molar-refractivity contribution in [3.8, 4) is 11.5 Å². The summed E-state index contributed by atoms with van der Waals surface area (Å²) >= 11 is 11.8. The summed E-state index contributed by atoms with van der Waals surface area (Å²) in [4.78, 5) is 21.8. The Kier molecular flexibility index (Phi) is 8.39. The van der Waals surface area contributed by atoms with E-state index in [4.69, 9.17) is 32.7 Å². The number of anilines is 2. The van der Waals surface area contributed by atoms with Crippen LogP contribution in [0.15, 0.2) is 30.6 Å². The lowest BCUT2D eigenvalue weighted by Gasteiger charge is -2.35. The number of aromatic nitrogens is 2. The van der Waals surface area contributed by atoms with Gasteiger partial charge in [-0.25, -0.2) is 14.4 Å². The lowest BCUT2D eigenvalue weighted by atomic mass is 9.92. The highest BCUT2D eigenvalue weighted by Crippen LogP contribution is 2.38. The van der Waals surface area contributed by atoms with E-state index in [2.05, 4.69) is 15.3 Å². The van der Waals surface area contributed by atoms with Crippen molar-refractivity contribution in [3.63, 3.8) is 0 Å². The zero-order valence-corrected chi connectivity index (χ0v) is 22.0. The van der Waals surface area contributed by atoms with E-state index in [1.165, 1.54) is 30.6 Å². The number of ether oxygens (including phenoxy) is 2. The number of likely N-dealkylation sites (tertiary alicyclic amines) is 1. The zero-order valence-electron chi connectivity index (χ0n) is 20.5. The standard InChI is InChI=1S/C25H25Cl2F3N4O4/c1-25(2,23(35)36)11-34-7-5-13(6-8-34)37-18-9-14-17(10-19(18)38-24(29)30)31-12-32-22(14)33-16-4-3-15(26)20(27)21(16)28/h3-4,9-10,12-13,24H,5-8,11H2,1-2H3,(H,35,36)(H,31,32,33). The van der Waals surface area contributed by atoms with Crippen molar-refractivity contribution in [1.82, 2.24) is 14.9 Å². The predicted molar refractivity (Wildman–Crippen MR) is 137 cm³/mol. The second-order valence-electron chi connectivity index (χ2n) is 9.55. The van der Waals surface area contributed by atoms with Crippen molar-refractivity contribution in [3.05, 3.63) is 46.5 Å². The molecule has 2 aromatic carbocycles. The molecule has 0 amide bonds. The van der Waals surface area contributed by atoms with Crippen molar-refractivity contribution in [2.75, 3.05) is 25.0 Å². The minimum Gasteiger partial charge on any atom is -0.486 e. The molecule has 0 unspecified atom stereocenters.